The van der Waals surface area contributed by atoms with E-state index in [1.165, 1.54) is 30.6 Å². The third kappa shape index (κ3) is 5.30. The Balaban J connectivity index is 1.40. The molecule has 5 heteroatoms. The first-order chi connectivity index (χ1) is 17.1. The predicted molar refractivity (Wildman–Crippen MR) is 143 cm³/mol. The van der Waals surface area contributed by atoms with Gasteiger partial charge >= 0.3 is 0 Å². The third-order valence-electron chi connectivity index (χ3n) is 7.68. The predicted octanol–water partition coefficient (Wildman–Crippen LogP) is 7.13. The molecule has 0 radical (unpaired) electrons. The van der Waals surface area contributed by atoms with Gasteiger partial charge in [-0.05, 0) is 61.8 Å². The fourth-order valence-electron chi connectivity index (χ4n) is 5.63. The highest BCUT2D eigenvalue weighted by molar-refractivity contribution is 7.19. The van der Waals surface area contributed by atoms with E-state index in [9.17, 15) is 9.59 Å². The van der Waals surface area contributed by atoms with Gasteiger partial charge in [0.1, 0.15) is 5.75 Å². The van der Waals surface area contributed by atoms with Gasteiger partial charge in [0.2, 0.25) is 5.91 Å². The van der Waals surface area contributed by atoms with Gasteiger partial charge in [-0.15, -0.1) is 11.3 Å². The van der Waals surface area contributed by atoms with Crippen LogP contribution in [0.15, 0.2) is 42.5 Å². The average Bonchev–Trinajstić information content (AvgIpc) is 3.48. The van der Waals surface area contributed by atoms with Crippen molar-refractivity contribution in [3.8, 4) is 5.75 Å². The van der Waals surface area contributed by atoms with Crippen molar-refractivity contribution in [2.24, 2.45) is 0 Å². The maximum atomic E-state index is 13.9. The van der Waals surface area contributed by atoms with Crippen LogP contribution < -0.4 is 4.74 Å². The molecule has 0 bridgehead atoms. The first-order valence-corrected chi connectivity index (χ1v) is 14.0. The zero-order valence-corrected chi connectivity index (χ0v) is 21.5. The van der Waals surface area contributed by atoms with Crippen molar-refractivity contribution in [1.29, 1.82) is 0 Å². The minimum atomic E-state index is 0.111. The lowest BCUT2D eigenvalue weighted by Crippen LogP contribution is -2.27. The van der Waals surface area contributed by atoms with E-state index in [0.717, 1.165) is 77.7 Å². The molecule has 4 nitrogen and oxygen atoms in total. The summed E-state index contributed by atoms with van der Waals surface area (Å²) in [6, 6.07) is 14.0. The Labute approximate surface area is 212 Å². The number of methoxy groups -OCH3 is 1. The maximum Gasteiger partial charge on any atom is 0.222 e. The number of hydrogen-bond acceptors (Lipinski definition) is 4. The molecule has 1 aliphatic carbocycles. The molecule has 2 fully saturated rings. The van der Waals surface area contributed by atoms with Crippen molar-refractivity contribution >= 4 is 33.1 Å². The average molecular weight is 490 g/mol. The number of amides is 1. The number of carbonyl (C=O) groups excluding carboxylic acids is 2. The number of hydrogen-bond donors (Lipinski definition) is 0. The van der Waals surface area contributed by atoms with Gasteiger partial charge in [-0.3, -0.25) is 9.59 Å². The molecule has 2 heterocycles. The number of rotatable bonds is 7. The van der Waals surface area contributed by atoms with Crippen molar-refractivity contribution < 1.29 is 14.3 Å². The molecule has 5 rings (SSSR count). The standard InChI is InChI=1S/C30H35NO3S/c1-34-24-15-16-25-26(20-24)35-30(23-8-4-2-3-5-9-23)28(25)29(33)22-13-10-21(11-14-22)12-17-27(32)31-18-6-7-19-31/h10-11,13-16,20,23H,2-9,12,17-19H2,1H3. The van der Waals surface area contributed by atoms with Gasteiger partial charge in [0.25, 0.3) is 0 Å². The highest BCUT2D eigenvalue weighted by Gasteiger charge is 2.26. The summed E-state index contributed by atoms with van der Waals surface area (Å²) in [5.74, 6) is 1.64. The minimum absolute atomic E-state index is 0.111. The van der Waals surface area contributed by atoms with Crippen molar-refractivity contribution in [2.45, 2.75) is 70.1 Å². The van der Waals surface area contributed by atoms with Gasteiger partial charge in [-0.25, -0.2) is 0 Å². The number of benzene rings is 2. The molecular formula is C30H35NO3S. The van der Waals surface area contributed by atoms with Gasteiger partial charge in [0, 0.05) is 45.6 Å². The summed E-state index contributed by atoms with van der Waals surface area (Å²) in [6.07, 6.45) is 10.9. The summed E-state index contributed by atoms with van der Waals surface area (Å²) in [5, 5.41) is 1.04. The lowest BCUT2D eigenvalue weighted by atomic mass is 9.91. The van der Waals surface area contributed by atoms with Crippen LogP contribution in [0.25, 0.3) is 10.1 Å². The topological polar surface area (TPSA) is 46.6 Å². The summed E-state index contributed by atoms with van der Waals surface area (Å²) >= 11 is 1.78. The fraction of sp³-hybridized carbons (Fsp3) is 0.467. The van der Waals surface area contributed by atoms with E-state index in [1.54, 1.807) is 18.4 Å². The normalized spacial score (nSPS) is 17.0. The summed E-state index contributed by atoms with van der Waals surface area (Å²) < 4.78 is 6.59. The van der Waals surface area contributed by atoms with Crippen LogP contribution in [-0.4, -0.2) is 36.8 Å². The zero-order valence-electron chi connectivity index (χ0n) is 20.7. The molecule has 0 N–H and O–H groups in total. The summed E-state index contributed by atoms with van der Waals surface area (Å²) in [7, 11) is 1.69. The second-order valence-corrected chi connectivity index (χ2v) is 11.1. The molecule has 184 valence electrons. The second-order valence-electron chi connectivity index (χ2n) is 10.0. The Morgan fingerprint density at radius 2 is 1.66 bits per heavy atom. The third-order valence-corrected chi connectivity index (χ3v) is 8.99. The second kappa shape index (κ2) is 10.9. The van der Waals surface area contributed by atoms with Gasteiger partial charge in [0.05, 0.1) is 7.11 Å². The Hall–Kier alpha value is -2.66. The van der Waals surface area contributed by atoms with E-state index in [0.29, 0.717) is 12.3 Å². The van der Waals surface area contributed by atoms with Gasteiger partial charge in [-0.2, -0.15) is 0 Å². The van der Waals surface area contributed by atoms with E-state index >= 15 is 0 Å². The molecule has 0 spiro atoms. The molecule has 35 heavy (non-hydrogen) atoms. The Bertz CT molecular complexity index is 1180. The van der Waals surface area contributed by atoms with Crippen LogP contribution in [-0.2, 0) is 11.2 Å². The molecule has 3 aromatic rings. The Morgan fingerprint density at radius 1 is 0.943 bits per heavy atom. The van der Waals surface area contributed by atoms with E-state index in [4.69, 9.17) is 4.74 Å². The minimum Gasteiger partial charge on any atom is -0.497 e. The smallest absolute Gasteiger partial charge is 0.222 e. The molecule has 2 aliphatic rings. The van der Waals surface area contributed by atoms with Crippen molar-refractivity contribution in [3.63, 3.8) is 0 Å². The van der Waals surface area contributed by atoms with Crippen LogP contribution in [0.3, 0.4) is 0 Å². The van der Waals surface area contributed by atoms with Crippen LogP contribution in [0.1, 0.15) is 90.1 Å². The number of nitrogens with zero attached hydrogens (tertiary/aromatic N) is 1. The summed E-state index contributed by atoms with van der Waals surface area (Å²) in [5.41, 5.74) is 2.72. The number of ketones is 1. The van der Waals surface area contributed by atoms with Crippen LogP contribution in [0, 0.1) is 0 Å². The van der Waals surface area contributed by atoms with Gasteiger partial charge in [-0.1, -0.05) is 49.9 Å². The number of fused-ring (bicyclic) bond motifs is 1. The highest BCUT2D eigenvalue weighted by Crippen LogP contribution is 2.43. The number of carbonyl (C=O) groups is 2. The van der Waals surface area contributed by atoms with Crippen molar-refractivity contribution in [3.05, 3.63) is 64.0 Å². The first kappa shape index (κ1) is 24.1. The molecule has 0 atom stereocenters. The Kier molecular flexibility index (Phi) is 7.52. The number of thiophene rings is 1. The van der Waals surface area contributed by atoms with Crippen molar-refractivity contribution in [2.75, 3.05) is 20.2 Å². The molecule has 1 saturated heterocycles. The lowest BCUT2D eigenvalue weighted by molar-refractivity contribution is -0.130. The molecule has 0 unspecified atom stereocenters. The summed E-state index contributed by atoms with van der Waals surface area (Å²) in [6.45, 7) is 1.80. The van der Waals surface area contributed by atoms with Crippen LogP contribution in [0.2, 0.25) is 0 Å². The molecule has 1 amide bonds. The molecule has 1 saturated carbocycles. The van der Waals surface area contributed by atoms with Gasteiger partial charge < -0.3 is 9.64 Å². The van der Waals surface area contributed by atoms with E-state index in [-0.39, 0.29) is 11.7 Å². The van der Waals surface area contributed by atoms with Crippen molar-refractivity contribution in [1.82, 2.24) is 4.90 Å². The van der Waals surface area contributed by atoms with Crippen LogP contribution in [0.4, 0.5) is 0 Å². The van der Waals surface area contributed by atoms with E-state index in [2.05, 4.69) is 12.1 Å². The largest absolute Gasteiger partial charge is 0.497 e. The molecule has 1 aromatic heterocycles. The van der Waals surface area contributed by atoms with Crippen LogP contribution in [0.5, 0.6) is 5.75 Å². The van der Waals surface area contributed by atoms with Gasteiger partial charge in [0.15, 0.2) is 5.78 Å². The lowest BCUT2D eigenvalue weighted by Gasteiger charge is -2.15. The molecule has 1 aliphatic heterocycles. The maximum absolute atomic E-state index is 13.9. The van der Waals surface area contributed by atoms with E-state index in [1.807, 2.05) is 35.2 Å². The zero-order chi connectivity index (χ0) is 24.2. The fourth-order valence-corrected chi connectivity index (χ4v) is 7.03. The van der Waals surface area contributed by atoms with Crippen LogP contribution >= 0.6 is 11.3 Å². The highest BCUT2D eigenvalue weighted by atomic mass is 32.1. The number of likely N-dealkylation sites (tertiary alicyclic amines) is 1. The first-order valence-electron chi connectivity index (χ1n) is 13.2. The quantitative estimate of drug-likeness (QED) is 0.262. The molecule has 2 aromatic carbocycles. The van der Waals surface area contributed by atoms with E-state index < -0.39 is 0 Å². The monoisotopic (exact) mass is 489 g/mol. The summed E-state index contributed by atoms with van der Waals surface area (Å²) in [4.78, 5) is 29.5. The SMILES string of the molecule is COc1ccc2c(C(=O)c3ccc(CCC(=O)N4CCCC4)cc3)c(C3CCCCCC3)sc2c1. The number of ether oxygens (including phenoxy) is 1. The Morgan fingerprint density at radius 3 is 2.34 bits per heavy atom. The number of aryl methyl sites for hydroxylation is 1. The molecular weight excluding hydrogens is 454 g/mol.